The topological polar surface area (TPSA) is 80.3 Å². The normalized spacial score (nSPS) is 12.4. The number of allylic oxidation sites excluding steroid dienone is 18. The van der Waals surface area contributed by atoms with Crippen molar-refractivity contribution in [2.45, 2.75) is 142 Å². The van der Waals surface area contributed by atoms with E-state index in [0.29, 0.717) is 0 Å². The van der Waals surface area contributed by atoms with Crippen LogP contribution in [0.2, 0.25) is 0 Å². The largest absolute Gasteiger partial charge is 2.00 e. The zero-order chi connectivity index (χ0) is 35.4. The molecule has 0 heterocycles. The molecule has 0 atom stereocenters. The zero-order valence-electron chi connectivity index (χ0n) is 31.0. The van der Waals surface area contributed by atoms with Crippen LogP contribution in [0, 0.1) is 0 Å². The van der Waals surface area contributed by atoms with E-state index in [1.165, 1.54) is 128 Å². The number of hydrogen-bond acceptors (Lipinski definition) is 4. The van der Waals surface area contributed by atoms with Gasteiger partial charge >= 0.3 is 27.3 Å². The average Bonchev–Trinajstić information content (AvgIpc) is 3.07. The van der Waals surface area contributed by atoms with Gasteiger partial charge in [0.15, 0.2) is 0 Å². The van der Waals surface area contributed by atoms with Crippen LogP contribution in [0.15, 0.2) is 122 Å². The Labute approximate surface area is 321 Å². The van der Waals surface area contributed by atoms with Crippen LogP contribution >= 0.6 is 0 Å². The van der Waals surface area contributed by atoms with Gasteiger partial charge in [-0.15, -0.1) is 0 Å². The summed E-state index contributed by atoms with van der Waals surface area (Å²) in [6, 6.07) is 0. The number of carboxylic acids is 2. The number of carbonyl (C=O) groups is 2. The fourth-order valence-corrected chi connectivity index (χ4v) is 4.53. The predicted octanol–water partition coefficient (Wildman–Crippen LogP) is 10.9. The number of rotatable bonds is 30. The van der Waals surface area contributed by atoms with Crippen LogP contribution in [0.4, 0.5) is 0 Å². The van der Waals surface area contributed by atoms with E-state index in [0.717, 1.165) is 25.0 Å². The SMILES string of the molecule is CCCCCCCCCCC/C=C/C=C/C=C/C=C/C=C/C(=O)[O-].CCCCCCCCCCC/C=C/C=C/C=C/C=C/C=C/C(=O)[O-].[Cd+2]. The molecule has 0 amide bonds. The first kappa shape index (κ1) is 50.6. The summed E-state index contributed by atoms with van der Waals surface area (Å²) in [5, 5.41) is 20.2. The van der Waals surface area contributed by atoms with Crippen LogP contribution in [0.1, 0.15) is 142 Å². The molecule has 0 fully saturated rings. The van der Waals surface area contributed by atoms with Crippen molar-refractivity contribution >= 4 is 11.9 Å². The molecule has 0 bridgehead atoms. The van der Waals surface area contributed by atoms with Crippen molar-refractivity contribution in [3.8, 4) is 0 Å². The van der Waals surface area contributed by atoms with E-state index >= 15 is 0 Å². The van der Waals surface area contributed by atoms with Crippen LogP contribution in [0.5, 0.6) is 0 Å². The molecule has 49 heavy (non-hydrogen) atoms. The molecule has 0 saturated carbocycles. The summed E-state index contributed by atoms with van der Waals surface area (Å²) in [5.74, 6) is -2.36. The van der Waals surface area contributed by atoms with Gasteiger partial charge in [0.05, 0.1) is 11.9 Å². The summed E-state index contributed by atoms with van der Waals surface area (Å²) < 4.78 is 0. The van der Waals surface area contributed by atoms with Gasteiger partial charge in [0.2, 0.25) is 0 Å². The molecule has 0 aromatic rings. The van der Waals surface area contributed by atoms with Crippen LogP contribution in [0.25, 0.3) is 0 Å². The third-order valence-electron chi connectivity index (χ3n) is 7.24. The standard InChI is InChI=1S/2C22H34O2.Cd/c2*1-2-3-4-5-6-7-8-9-10-11-12-13-14-15-16-17-18-19-20-21-22(23)24;/h2*12-21H,2-11H2,1H3,(H,23,24);/q;;+2/p-2/b2*13-12+,15-14+,17-16+,19-18+,21-20+;. The second-order valence-electron chi connectivity index (χ2n) is 11.8. The van der Waals surface area contributed by atoms with E-state index in [1.54, 1.807) is 24.3 Å². The van der Waals surface area contributed by atoms with Gasteiger partial charge in [-0.1, -0.05) is 226 Å². The molecular formula is C44H66CdO4. The summed E-state index contributed by atoms with van der Waals surface area (Å²) in [4.78, 5) is 20.2. The van der Waals surface area contributed by atoms with Crippen molar-refractivity contribution in [3.63, 3.8) is 0 Å². The Morgan fingerprint density at radius 3 is 0.837 bits per heavy atom. The van der Waals surface area contributed by atoms with Crippen molar-refractivity contribution in [2.75, 3.05) is 0 Å². The molecule has 0 unspecified atom stereocenters. The van der Waals surface area contributed by atoms with E-state index in [4.69, 9.17) is 0 Å². The fourth-order valence-electron chi connectivity index (χ4n) is 4.53. The van der Waals surface area contributed by atoms with Crippen molar-refractivity contribution in [1.29, 1.82) is 0 Å². The molecular weight excluding hydrogens is 705 g/mol. The van der Waals surface area contributed by atoms with Gasteiger partial charge in [-0.05, 0) is 37.8 Å². The molecule has 0 aliphatic rings. The maximum Gasteiger partial charge on any atom is 2.00 e. The number of hydrogen-bond donors (Lipinski definition) is 0. The molecule has 0 aromatic carbocycles. The van der Waals surface area contributed by atoms with E-state index in [2.05, 4.69) is 38.2 Å². The molecule has 0 N–H and O–H groups in total. The quantitative estimate of drug-likeness (QED) is 0.0315. The molecule has 0 aliphatic heterocycles. The molecule has 0 spiro atoms. The van der Waals surface area contributed by atoms with Gasteiger partial charge in [0.1, 0.15) is 0 Å². The van der Waals surface area contributed by atoms with E-state index in [1.807, 2.05) is 48.6 Å². The minimum absolute atomic E-state index is 0. The maximum absolute atomic E-state index is 10.1. The Kier molecular flexibility index (Phi) is 49.0. The van der Waals surface area contributed by atoms with E-state index < -0.39 is 11.9 Å². The molecule has 0 aliphatic carbocycles. The van der Waals surface area contributed by atoms with Crippen LogP contribution in [-0.4, -0.2) is 11.9 Å². The van der Waals surface area contributed by atoms with Crippen molar-refractivity contribution in [1.82, 2.24) is 0 Å². The molecule has 0 aromatic heterocycles. The summed E-state index contributed by atoms with van der Waals surface area (Å²) in [5.41, 5.74) is 0. The fraction of sp³-hybridized carbons (Fsp3) is 0.500. The predicted molar refractivity (Wildman–Crippen MR) is 205 cm³/mol. The molecule has 5 heteroatoms. The number of aliphatic carboxylic acids is 2. The minimum Gasteiger partial charge on any atom is -0.545 e. The van der Waals surface area contributed by atoms with Gasteiger partial charge in [-0.3, -0.25) is 0 Å². The third-order valence-corrected chi connectivity index (χ3v) is 7.24. The van der Waals surface area contributed by atoms with Gasteiger partial charge in [-0.2, -0.15) is 0 Å². The van der Waals surface area contributed by atoms with Crippen LogP contribution < -0.4 is 10.2 Å². The zero-order valence-corrected chi connectivity index (χ0v) is 35.1. The Morgan fingerprint density at radius 1 is 0.347 bits per heavy atom. The summed E-state index contributed by atoms with van der Waals surface area (Å²) >= 11 is 0. The van der Waals surface area contributed by atoms with Gasteiger partial charge in [0.25, 0.3) is 0 Å². The number of carbonyl (C=O) groups excluding carboxylic acids is 2. The van der Waals surface area contributed by atoms with E-state index in [9.17, 15) is 19.8 Å². The first-order valence-corrected chi connectivity index (χ1v) is 18.6. The Balaban J connectivity index is -0.000000846. The first-order chi connectivity index (χ1) is 23.5. The number of carboxylic acid groups (broad SMARTS) is 2. The second-order valence-corrected chi connectivity index (χ2v) is 11.8. The molecule has 0 radical (unpaired) electrons. The maximum atomic E-state index is 10.1. The molecule has 0 rings (SSSR count). The molecule has 4 nitrogen and oxygen atoms in total. The Bertz CT molecular complexity index is 940. The number of unbranched alkanes of at least 4 members (excludes halogenated alkanes) is 18. The first-order valence-electron chi connectivity index (χ1n) is 18.6. The third kappa shape index (κ3) is 55.0. The summed E-state index contributed by atoms with van der Waals surface area (Å²) in [6.07, 6.45) is 62.7. The van der Waals surface area contributed by atoms with Crippen molar-refractivity contribution < 1.29 is 47.1 Å². The minimum atomic E-state index is -1.18. The summed E-state index contributed by atoms with van der Waals surface area (Å²) in [6.45, 7) is 4.52. The second kappa shape index (κ2) is 47.4. The molecule has 268 valence electrons. The van der Waals surface area contributed by atoms with Gasteiger partial charge < -0.3 is 19.8 Å². The van der Waals surface area contributed by atoms with Gasteiger partial charge in [-0.25, -0.2) is 0 Å². The van der Waals surface area contributed by atoms with Crippen molar-refractivity contribution in [2.24, 2.45) is 0 Å². The molecule has 0 saturated heterocycles. The Hall–Kier alpha value is -2.74. The van der Waals surface area contributed by atoms with Gasteiger partial charge in [0, 0.05) is 0 Å². The smallest absolute Gasteiger partial charge is 0.545 e. The summed E-state index contributed by atoms with van der Waals surface area (Å²) in [7, 11) is 0. The monoisotopic (exact) mass is 772 g/mol. The average molecular weight is 771 g/mol. The van der Waals surface area contributed by atoms with Crippen LogP contribution in [0.3, 0.4) is 0 Å². The Morgan fingerprint density at radius 2 is 0.571 bits per heavy atom. The van der Waals surface area contributed by atoms with E-state index in [-0.39, 0.29) is 27.3 Å². The van der Waals surface area contributed by atoms with Crippen LogP contribution in [-0.2, 0) is 36.9 Å². The van der Waals surface area contributed by atoms with Crippen molar-refractivity contribution in [3.05, 3.63) is 122 Å².